The van der Waals surface area contributed by atoms with E-state index in [0.717, 1.165) is 57.1 Å². The van der Waals surface area contributed by atoms with E-state index in [-0.39, 0.29) is 5.56 Å². The maximum atomic E-state index is 13.1. The first-order valence-corrected chi connectivity index (χ1v) is 10.4. The van der Waals surface area contributed by atoms with Crippen molar-refractivity contribution in [1.82, 2.24) is 14.4 Å². The number of hydrogen-bond acceptors (Lipinski definition) is 4. The molecule has 0 saturated carbocycles. The van der Waals surface area contributed by atoms with Crippen molar-refractivity contribution in [1.29, 1.82) is 0 Å². The fourth-order valence-electron chi connectivity index (χ4n) is 5.18. The van der Waals surface area contributed by atoms with Gasteiger partial charge in [0.15, 0.2) is 5.22 Å². The zero-order chi connectivity index (χ0) is 18.4. The summed E-state index contributed by atoms with van der Waals surface area (Å²) in [6, 6.07) is 8.05. The number of piperidine rings is 1. The zero-order valence-corrected chi connectivity index (χ0v) is 16.3. The van der Waals surface area contributed by atoms with Crippen LogP contribution in [0.5, 0.6) is 0 Å². The first-order valence-electron chi connectivity index (χ1n) is 10.1. The second-order valence-electron chi connectivity index (χ2n) is 8.38. The van der Waals surface area contributed by atoms with E-state index in [4.69, 9.17) is 16.0 Å². The zero-order valence-electron chi connectivity index (χ0n) is 15.6. The number of likely N-dealkylation sites (tertiary alicyclic amines) is 2. The Kier molecular flexibility index (Phi) is 4.62. The highest BCUT2D eigenvalue weighted by Crippen LogP contribution is 2.36. The Hall–Kier alpha value is -1.56. The van der Waals surface area contributed by atoms with Gasteiger partial charge < -0.3 is 8.98 Å². The third kappa shape index (κ3) is 3.48. The van der Waals surface area contributed by atoms with Gasteiger partial charge in [-0.25, -0.2) is 0 Å². The van der Waals surface area contributed by atoms with Gasteiger partial charge in [0.05, 0.1) is 6.54 Å². The van der Waals surface area contributed by atoms with Crippen LogP contribution < -0.4 is 5.56 Å². The minimum Gasteiger partial charge on any atom is -0.448 e. The maximum absolute atomic E-state index is 13.1. The first kappa shape index (κ1) is 17.5. The largest absolute Gasteiger partial charge is 0.448 e. The van der Waals surface area contributed by atoms with Gasteiger partial charge in [0.2, 0.25) is 0 Å². The number of nitrogens with zero attached hydrogens (tertiary/aromatic N) is 3. The monoisotopic (exact) mass is 387 g/mol. The lowest BCUT2D eigenvalue weighted by molar-refractivity contribution is 0.107. The number of fused-ring (bicyclic) bond motifs is 4. The van der Waals surface area contributed by atoms with Crippen molar-refractivity contribution in [2.24, 2.45) is 5.92 Å². The molecule has 0 radical (unpaired) electrons. The topological polar surface area (TPSA) is 41.6 Å². The van der Waals surface area contributed by atoms with Crippen molar-refractivity contribution in [3.05, 3.63) is 56.9 Å². The quantitative estimate of drug-likeness (QED) is 0.807. The minimum absolute atomic E-state index is 0.236. The Balaban J connectivity index is 1.35. The molecule has 0 spiro atoms. The Morgan fingerprint density at radius 3 is 2.63 bits per heavy atom. The van der Waals surface area contributed by atoms with Crippen molar-refractivity contribution in [2.75, 3.05) is 26.2 Å². The third-order valence-corrected chi connectivity index (χ3v) is 6.56. The molecule has 2 bridgehead atoms. The van der Waals surface area contributed by atoms with Gasteiger partial charge >= 0.3 is 0 Å². The van der Waals surface area contributed by atoms with E-state index >= 15 is 0 Å². The van der Waals surface area contributed by atoms with Gasteiger partial charge in [-0.05, 0) is 68.1 Å². The first-order chi connectivity index (χ1) is 13.2. The molecule has 0 unspecified atom stereocenters. The summed E-state index contributed by atoms with van der Waals surface area (Å²) in [5.41, 5.74) is 2.41. The van der Waals surface area contributed by atoms with Crippen molar-refractivity contribution in [3.8, 4) is 0 Å². The fourth-order valence-corrected chi connectivity index (χ4v) is 5.34. The average molecular weight is 388 g/mol. The summed E-state index contributed by atoms with van der Waals surface area (Å²) in [5, 5.41) is 0.449. The summed E-state index contributed by atoms with van der Waals surface area (Å²) in [6.07, 6.45) is 3.70. The van der Waals surface area contributed by atoms with Gasteiger partial charge in [0.1, 0.15) is 5.76 Å². The van der Waals surface area contributed by atoms with Crippen molar-refractivity contribution >= 4 is 11.6 Å². The number of hydrogen-bond donors (Lipinski definition) is 0. The lowest BCUT2D eigenvalue weighted by atomic mass is 9.83. The van der Waals surface area contributed by atoms with Crippen LogP contribution in [0.2, 0.25) is 5.22 Å². The minimum atomic E-state index is 0.236. The van der Waals surface area contributed by atoms with Crippen molar-refractivity contribution < 1.29 is 4.42 Å². The molecule has 144 valence electrons. The second-order valence-corrected chi connectivity index (χ2v) is 8.75. The SMILES string of the molecule is O=c1c(CN2CCCC2)ccc2n1C[C@H]1C[C@@H]2CN(Cc2ccc(Cl)o2)C1. The number of rotatable bonds is 4. The van der Waals surface area contributed by atoms with Crippen LogP contribution in [-0.2, 0) is 19.6 Å². The van der Waals surface area contributed by atoms with Crippen LogP contribution in [0.3, 0.4) is 0 Å². The van der Waals surface area contributed by atoms with Gasteiger partial charge in [-0.1, -0.05) is 6.07 Å². The highest BCUT2D eigenvalue weighted by molar-refractivity contribution is 6.28. The van der Waals surface area contributed by atoms with E-state index in [1.807, 2.05) is 6.07 Å². The van der Waals surface area contributed by atoms with Crippen LogP contribution in [0, 0.1) is 5.92 Å². The molecule has 0 N–H and O–H groups in total. The smallest absolute Gasteiger partial charge is 0.255 e. The molecular weight excluding hydrogens is 362 g/mol. The van der Waals surface area contributed by atoms with Gasteiger partial charge in [0.25, 0.3) is 5.56 Å². The third-order valence-electron chi connectivity index (χ3n) is 6.36. The molecule has 3 aliphatic rings. The Morgan fingerprint density at radius 2 is 1.85 bits per heavy atom. The summed E-state index contributed by atoms with van der Waals surface area (Å²) in [6.45, 7) is 6.66. The van der Waals surface area contributed by atoms with Gasteiger partial charge in [-0.3, -0.25) is 14.6 Å². The van der Waals surface area contributed by atoms with Crippen LogP contribution in [0.15, 0.2) is 33.5 Å². The van der Waals surface area contributed by atoms with E-state index in [9.17, 15) is 4.79 Å². The molecule has 0 aromatic carbocycles. The molecule has 0 amide bonds. The van der Waals surface area contributed by atoms with Crippen molar-refractivity contribution in [2.45, 2.75) is 44.8 Å². The molecule has 0 aliphatic carbocycles. The maximum Gasteiger partial charge on any atom is 0.255 e. The Morgan fingerprint density at radius 1 is 1.00 bits per heavy atom. The lowest BCUT2D eigenvalue weighted by Crippen LogP contribution is -2.47. The number of pyridine rings is 1. The molecule has 3 aliphatic heterocycles. The van der Waals surface area contributed by atoms with E-state index < -0.39 is 0 Å². The summed E-state index contributed by atoms with van der Waals surface area (Å²) < 4.78 is 7.61. The molecule has 2 fully saturated rings. The molecular formula is C21H26ClN3O2. The Labute approximate surface area is 164 Å². The number of halogens is 1. The lowest BCUT2D eigenvalue weighted by Gasteiger charge is -2.42. The summed E-state index contributed by atoms with van der Waals surface area (Å²) in [5.74, 6) is 1.87. The number of aromatic nitrogens is 1. The van der Waals surface area contributed by atoms with E-state index in [0.29, 0.717) is 17.1 Å². The van der Waals surface area contributed by atoms with E-state index in [1.54, 1.807) is 6.07 Å². The summed E-state index contributed by atoms with van der Waals surface area (Å²) >= 11 is 5.91. The predicted molar refractivity (Wildman–Crippen MR) is 105 cm³/mol. The highest BCUT2D eigenvalue weighted by atomic mass is 35.5. The molecule has 5 nitrogen and oxygen atoms in total. The highest BCUT2D eigenvalue weighted by Gasteiger charge is 2.35. The van der Waals surface area contributed by atoms with Crippen LogP contribution in [0.25, 0.3) is 0 Å². The number of furan rings is 1. The summed E-state index contributed by atoms with van der Waals surface area (Å²) in [4.78, 5) is 18.0. The molecule has 6 heteroatoms. The van der Waals surface area contributed by atoms with E-state index in [2.05, 4.69) is 26.5 Å². The van der Waals surface area contributed by atoms with Crippen LogP contribution >= 0.6 is 11.6 Å². The Bertz CT molecular complexity index is 884. The second kappa shape index (κ2) is 7.12. The molecule has 27 heavy (non-hydrogen) atoms. The molecule has 5 heterocycles. The normalized spacial score (nSPS) is 25.7. The van der Waals surface area contributed by atoms with Crippen molar-refractivity contribution in [3.63, 3.8) is 0 Å². The van der Waals surface area contributed by atoms with Crippen LogP contribution in [0.1, 0.15) is 42.2 Å². The predicted octanol–water partition coefficient (Wildman–Crippen LogP) is 3.31. The fraction of sp³-hybridized carbons (Fsp3) is 0.571. The molecule has 2 atom stereocenters. The molecule has 2 aromatic heterocycles. The van der Waals surface area contributed by atoms with Gasteiger partial charge in [0, 0.05) is 43.4 Å². The van der Waals surface area contributed by atoms with E-state index in [1.165, 1.54) is 25.0 Å². The standard InChI is InChI=1S/C21H26ClN3O2/c22-20-6-4-18(27-20)14-24-10-15-9-17(13-24)19-5-3-16(21(26)25(19)11-15)12-23-7-1-2-8-23/h3-6,15,17H,1-2,7-14H2/t15-,17+/m0/s1. The average Bonchev–Trinajstić information content (AvgIpc) is 3.29. The molecule has 2 aromatic rings. The van der Waals surface area contributed by atoms with Gasteiger partial charge in [-0.15, -0.1) is 0 Å². The summed E-state index contributed by atoms with van der Waals surface area (Å²) in [7, 11) is 0. The molecule has 2 saturated heterocycles. The molecule has 5 rings (SSSR count). The van der Waals surface area contributed by atoms with Crippen LogP contribution in [-0.4, -0.2) is 40.5 Å². The van der Waals surface area contributed by atoms with Crippen LogP contribution in [0.4, 0.5) is 0 Å². The van der Waals surface area contributed by atoms with Gasteiger partial charge in [-0.2, -0.15) is 0 Å².